The highest BCUT2D eigenvalue weighted by molar-refractivity contribution is 6.98. The standard InChI is InChI=1S/C44H33BN2O2/c1-29-14-8-11-21-37(29)47(38-22-12-9-19-34(38)43(30-15-4-2-5-16-30)31-17-6-3-7-18-31)33-27-41-44-42(28-33)49-40-26-32(46)24-25-36(40)45(44)35-20-10-13-23-39(35)48-41/h2-28,43H,46H2,1H3. The summed E-state index contributed by atoms with van der Waals surface area (Å²) >= 11 is 0. The van der Waals surface area contributed by atoms with Crippen molar-refractivity contribution in [3.8, 4) is 23.0 Å². The number of fused-ring (bicyclic) bond motifs is 4. The maximum Gasteiger partial charge on any atom is 0.260 e. The van der Waals surface area contributed by atoms with E-state index in [-0.39, 0.29) is 12.6 Å². The number of aryl methyl sites for hydroxylation is 1. The van der Waals surface area contributed by atoms with E-state index in [4.69, 9.17) is 15.2 Å². The molecule has 2 heterocycles. The molecule has 7 aromatic rings. The lowest BCUT2D eigenvalue weighted by atomic mass is 9.35. The van der Waals surface area contributed by atoms with E-state index in [0.717, 1.165) is 62.0 Å². The van der Waals surface area contributed by atoms with E-state index in [1.807, 2.05) is 18.2 Å². The largest absolute Gasteiger partial charge is 0.458 e. The smallest absolute Gasteiger partial charge is 0.260 e. The van der Waals surface area contributed by atoms with E-state index in [9.17, 15) is 0 Å². The maximum atomic E-state index is 6.74. The molecule has 0 aliphatic carbocycles. The van der Waals surface area contributed by atoms with Crippen LogP contribution in [0.3, 0.4) is 0 Å². The van der Waals surface area contributed by atoms with Gasteiger partial charge >= 0.3 is 0 Å². The van der Waals surface area contributed by atoms with Crippen molar-refractivity contribution in [2.75, 3.05) is 10.6 Å². The Kier molecular flexibility index (Phi) is 6.98. The maximum absolute atomic E-state index is 6.74. The summed E-state index contributed by atoms with van der Waals surface area (Å²) in [5.74, 6) is 3.18. The Bertz CT molecular complexity index is 2300. The summed E-state index contributed by atoms with van der Waals surface area (Å²) in [6, 6.07) is 57.4. The lowest BCUT2D eigenvalue weighted by Gasteiger charge is -2.36. The van der Waals surface area contributed by atoms with Crippen molar-refractivity contribution >= 4 is 45.9 Å². The first-order chi connectivity index (χ1) is 24.1. The van der Waals surface area contributed by atoms with Crippen molar-refractivity contribution in [2.45, 2.75) is 12.8 Å². The second-order valence-corrected chi connectivity index (χ2v) is 12.8. The highest BCUT2D eigenvalue weighted by atomic mass is 16.5. The van der Waals surface area contributed by atoms with Gasteiger partial charge in [-0.3, -0.25) is 0 Å². The summed E-state index contributed by atoms with van der Waals surface area (Å²) < 4.78 is 13.5. The van der Waals surface area contributed by atoms with Gasteiger partial charge in [-0.1, -0.05) is 121 Å². The Hall–Kier alpha value is -6.20. The van der Waals surface area contributed by atoms with E-state index < -0.39 is 0 Å². The van der Waals surface area contributed by atoms with Crippen LogP contribution in [0, 0.1) is 6.92 Å². The van der Waals surface area contributed by atoms with Gasteiger partial charge in [0.25, 0.3) is 6.71 Å². The predicted molar refractivity (Wildman–Crippen MR) is 202 cm³/mol. The van der Waals surface area contributed by atoms with Crippen molar-refractivity contribution in [1.82, 2.24) is 0 Å². The quantitative estimate of drug-likeness (QED) is 0.113. The summed E-state index contributed by atoms with van der Waals surface area (Å²) in [6.07, 6.45) is 0. The van der Waals surface area contributed by atoms with Gasteiger partial charge in [0.1, 0.15) is 23.0 Å². The number of para-hydroxylation sites is 3. The van der Waals surface area contributed by atoms with Gasteiger partial charge in [-0.25, -0.2) is 0 Å². The number of nitrogens with zero attached hydrogens (tertiary/aromatic N) is 1. The van der Waals surface area contributed by atoms with Crippen molar-refractivity contribution in [2.24, 2.45) is 0 Å². The second-order valence-electron chi connectivity index (χ2n) is 12.8. The average Bonchev–Trinajstić information content (AvgIpc) is 3.14. The molecule has 9 rings (SSSR count). The Labute approximate surface area is 287 Å². The monoisotopic (exact) mass is 632 g/mol. The molecule has 2 N–H and O–H groups in total. The number of nitrogens with two attached hydrogens (primary N) is 1. The van der Waals surface area contributed by atoms with Crippen LogP contribution in [0.15, 0.2) is 164 Å². The van der Waals surface area contributed by atoms with Gasteiger partial charge in [-0.2, -0.15) is 0 Å². The van der Waals surface area contributed by atoms with E-state index in [1.54, 1.807) is 0 Å². The first-order valence-electron chi connectivity index (χ1n) is 16.7. The molecular weight excluding hydrogens is 599 g/mol. The normalized spacial score (nSPS) is 12.3. The van der Waals surface area contributed by atoms with Gasteiger partial charge in [0.15, 0.2) is 0 Å². The van der Waals surface area contributed by atoms with Crippen molar-refractivity contribution in [3.05, 3.63) is 186 Å². The summed E-state index contributed by atoms with van der Waals surface area (Å²) in [7, 11) is 0. The second kappa shape index (κ2) is 11.8. The highest BCUT2D eigenvalue weighted by Crippen LogP contribution is 2.47. The molecule has 4 nitrogen and oxygen atoms in total. The molecule has 0 spiro atoms. The molecule has 234 valence electrons. The van der Waals surface area contributed by atoms with Crippen LogP contribution in [-0.4, -0.2) is 6.71 Å². The fraction of sp³-hybridized carbons (Fsp3) is 0.0455. The number of rotatable bonds is 6. The molecule has 2 aliphatic heterocycles. The van der Waals surface area contributed by atoms with Gasteiger partial charge < -0.3 is 20.1 Å². The minimum Gasteiger partial charge on any atom is -0.458 e. The highest BCUT2D eigenvalue weighted by Gasteiger charge is 2.41. The van der Waals surface area contributed by atoms with Crippen LogP contribution in [0.25, 0.3) is 0 Å². The minimum absolute atomic E-state index is 0.000269. The third-order valence-electron chi connectivity index (χ3n) is 9.77. The summed E-state index contributed by atoms with van der Waals surface area (Å²) in [6.45, 7) is 2.13. The van der Waals surface area contributed by atoms with Crippen LogP contribution in [0.1, 0.15) is 28.2 Å². The zero-order valence-corrected chi connectivity index (χ0v) is 27.1. The number of hydrogen-bond donors (Lipinski definition) is 1. The lowest BCUT2D eigenvalue weighted by Crippen LogP contribution is -2.57. The van der Waals surface area contributed by atoms with E-state index in [2.05, 4.69) is 157 Å². The summed E-state index contributed by atoms with van der Waals surface area (Å²) in [5.41, 5.74) is 18.1. The molecule has 0 aromatic heterocycles. The van der Waals surface area contributed by atoms with Crippen LogP contribution < -0.4 is 36.5 Å². The minimum atomic E-state index is -0.0342. The van der Waals surface area contributed by atoms with Crippen LogP contribution in [0.2, 0.25) is 0 Å². The molecule has 0 amide bonds. The predicted octanol–water partition coefficient (Wildman–Crippen LogP) is 8.95. The third-order valence-corrected chi connectivity index (χ3v) is 9.77. The molecule has 7 aromatic carbocycles. The molecule has 0 saturated carbocycles. The third kappa shape index (κ3) is 4.94. The van der Waals surface area contributed by atoms with Crippen molar-refractivity contribution < 1.29 is 9.47 Å². The fourth-order valence-electron chi connectivity index (χ4n) is 7.58. The molecule has 0 unspecified atom stereocenters. The molecule has 0 radical (unpaired) electrons. The molecule has 0 saturated heterocycles. The number of ether oxygens (including phenoxy) is 2. The first kappa shape index (κ1) is 29.0. The van der Waals surface area contributed by atoms with E-state index in [0.29, 0.717) is 5.69 Å². The van der Waals surface area contributed by atoms with Gasteiger partial charge in [0.2, 0.25) is 0 Å². The molecule has 49 heavy (non-hydrogen) atoms. The topological polar surface area (TPSA) is 47.7 Å². The Morgan fingerprint density at radius 2 is 1.10 bits per heavy atom. The summed E-state index contributed by atoms with van der Waals surface area (Å²) in [5, 5.41) is 0. The summed E-state index contributed by atoms with van der Waals surface area (Å²) in [4.78, 5) is 2.36. The molecule has 5 heteroatoms. The van der Waals surface area contributed by atoms with Crippen LogP contribution in [-0.2, 0) is 0 Å². The zero-order chi connectivity index (χ0) is 32.9. The van der Waals surface area contributed by atoms with Gasteiger partial charge in [0, 0.05) is 41.0 Å². The Morgan fingerprint density at radius 1 is 0.531 bits per heavy atom. The number of anilines is 4. The molecule has 0 atom stereocenters. The Balaban J connectivity index is 1.29. The average molecular weight is 633 g/mol. The first-order valence-corrected chi connectivity index (χ1v) is 16.7. The molecule has 0 fully saturated rings. The van der Waals surface area contributed by atoms with Crippen LogP contribution in [0.5, 0.6) is 23.0 Å². The molecule has 2 aliphatic rings. The molecular formula is C44H33BN2O2. The zero-order valence-electron chi connectivity index (χ0n) is 27.1. The number of benzene rings is 7. The van der Waals surface area contributed by atoms with E-state index in [1.165, 1.54) is 16.7 Å². The van der Waals surface area contributed by atoms with Crippen molar-refractivity contribution in [3.63, 3.8) is 0 Å². The van der Waals surface area contributed by atoms with Crippen molar-refractivity contribution in [1.29, 1.82) is 0 Å². The Morgan fingerprint density at radius 3 is 1.82 bits per heavy atom. The number of hydrogen-bond acceptors (Lipinski definition) is 4. The van der Waals surface area contributed by atoms with Crippen LogP contribution >= 0.6 is 0 Å². The number of nitrogen functional groups attached to an aromatic ring is 1. The fourth-order valence-corrected chi connectivity index (χ4v) is 7.58. The van der Waals surface area contributed by atoms with Gasteiger partial charge in [0.05, 0.1) is 11.4 Å². The SMILES string of the molecule is Cc1ccccc1N(c1cc2c3c(c1)Oc1cc(N)ccc1B3c1ccccc1O2)c1ccccc1C(c1ccccc1)c1ccccc1. The van der Waals surface area contributed by atoms with E-state index >= 15 is 0 Å². The van der Waals surface area contributed by atoms with Gasteiger partial charge in [-0.05, 0) is 64.4 Å². The van der Waals surface area contributed by atoms with Crippen LogP contribution in [0.4, 0.5) is 22.7 Å². The molecule has 0 bridgehead atoms. The lowest BCUT2D eigenvalue weighted by molar-refractivity contribution is 0.465. The van der Waals surface area contributed by atoms with Gasteiger partial charge in [-0.15, -0.1) is 0 Å².